The van der Waals surface area contributed by atoms with Gasteiger partial charge in [0, 0.05) is 19.3 Å². The molecule has 0 aliphatic rings. The first-order valence-electron chi connectivity index (χ1n) is 25.5. The second kappa shape index (κ2) is 51.4. The van der Waals surface area contributed by atoms with Crippen molar-refractivity contribution in [2.75, 3.05) is 13.2 Å². The fraction of sp³-hybridized carbons (Fsp3) is 0.603. The SMILES string of the molecule is CC/C=C\C/C=C\C/C=C\C/C=C\C/C=C\C/C=C\C/C=C\CCCCCC(=O)OCC(COC(=O)CCCCCCCC)OC(=O)CCCCCCC/C=C\C/C=C\C/C=C\CC. The molecule has 0 radical (unpaired) electrons. The number of esters is 3. The minimum atomic E-state index is -0.800. The van der Waals surface area contributed by atoms with Crippen LogP contribution in [0.1, 0.15) is 207 Å². The van der Waals surface area contributed by atoms with Crippen LogP contribution >= 0.6 is 0 Å². The topological polar surface area (TPSA) is 78.9 Å². The van der Waals surface area contributed by atoms with E-state index in [9.17, 15) is 14.4 Å². The molecule has 0 fully saturated rings. The summed E-state index contributed by atoms with van der Waals surface area (Å²) in [5.74, 6) is -0.970. The van der Waals surface area contributed by atoms with Gasteiger partial charge in [0.1, 0.15) is 13.2 Å². The van der Waals surface area contributed by atoms with Crippen LogP contribution < -0.4 is 0 Å². The van der Waals surface area contributed by atoms with E-state index >= 15 is 0 Å². The first kappa shape index (κ1) is 59.8. The molecular weight excluding hydrogens is 793 g/mol. The van der Waals surface area contributed by atoms with Gasteiger partial charge in [-0.3, -0.25) is 14.4 Å². The lowest BCUT2D eigenvalue weighted by atomic mass is 10.1. The molecule has 6 nitrogen and oxygen atoms in total. The molecule has 1 atom stereocenters. The number of hydrogen-bond acceptors (Lipinski definition) is 6. The van der Waals surface area contributed by atoms with Crippen molar-refractivity contribution in [1.29, 1.82) is 0 Å². The smallest absolute Gasteiger partial charge is 0.306 e. The van der Waals surface area contributed by atoms with Gasteiger partial charge in [-0.15, -0.1) is 0 Å². The summed E-state index contributed by atoms with van der Waals surface area (Å²) in [5, 5.41) is 0. The van der Waals surface area contributed by atoms with Gasteiger partial charge in [0.2, 0.25) is 0 Å². The normalized spacial score (nSPS) is 13.1. The highest BCUT2D eigenvalue weighted by atomic mass is 16.6. The molecule has 0 spiro atoms. The van der Waals surface area contributed by atoms with Gasteiger partial charge in [-0.2, -0.15) is 0 Å². The second-order valence-electron chi connectivity index (χ2n) is 16.3. The van der Waals surface area contributed by atoms with Gasteiger partial charge in [0.05, 0.1) is 0 Å². The van der Waals surface area contributed by atoms with Crippen LogP contribution in [0, 0.1) is 0 Å². The van der Waals surface area contributed by atoms with Crippen LogP contribution in [0.4, 0.5) is 0 Å². The van der Waals surface area contributed by atoms with Crippen LogP contribution in [0.2, 0.25) is 0 Å². The molecule has 0 aliphatic carbocycles. The number of unbranched alkanes of at least 4 members (excludes halogenated alkanes) is 13. The van der Waals surface area contributed by atoms with E-state index in [-0.39, 0.29) is 31.1 Å². The average Bonchev–Trinajstić information content (AvgIpc) is 3.29. The lowest BCUT2D eigenvalue weighted by Crippen LogP contribution is -2.30. The zero-order valence-electron chi connectivity index (χ0n) is 41.0. The summed E-state index contributed by atoms with van der Waals surface area (Å²) in [7, 11) is 0. The first-order valence-corrected chi connectivity index (χ1v) is 25.5. The van der Waals surface area contributed by atoms with E-state index in [1.165, 1.54) is 19.3 Å². The largest absolute Gasteiger partial charge is 0.462 e. The Hall–Kier alpha value is -4.19. The third kappa shape index (κ3) is 48.8. The van der Waals surface area contributed by atoms with Crippen molar-refractivity contribution in [3.63, 3.8) is 0 Å². The molecule has 0 rings (SSSR count). The Balaban J connectivity index is 4.31. The molecule has 0 bridgehead atoms. The number of allylic oxidation sites excluding steroid dienone is 20. The molecule has 0 aromatic heterocycles. The van der Waals surface area contributed by atoms with Crippen molar-refractivity contribution < 1.29 is 28.6 Å². The summed E-state index contributed by atoms with van der Waals surface area (Å²) in [6, 6.07) is 0. The van der Waals surface area contributed by atoms with Crippen molar-refractivity contribution in [3.8, 4) is 0 Å². The minimum absolute atomic E-state index is 0.0994. The quantitative estimate of drug-likeness (QED) is 0.0262. The summed E-state index contributed by atoms with van der Waals surface area (Å²) >= 11 is 0. The molecule has 360 valence electrons. The summed E-state index contributed by atoms with van der Waals surface area (Å²) in [6.45, 7) is 6.28. The summed E-state index contributed by atoms with van der Waals surface area (Å²) in [6.07, 6.45) is 70.7. The van der Waals surface area contributed by atoms with Gasteiger partial charge in [0.15, 0.2) is 6.10 Å². The van der Waals surface area contributed by atoms with Gasteiger partial charge < -0.3 is 14.2 Å². The fourth-order valence-corrected chi connectivity index (χ4v) is 6.43. The maximum atomic E-state index is 12.7. The van der Waals surface area contributed by atoms with E-state index in [0.717, 1.165) is 148 Å². The number of carbonyl (C=O) groups excluding carboxylic acids is 3. The molecule has 6 heteroatoms. The molecule has 1 unspecified atom stereocenters. The molecular formula is C58H92O6. The molecule has 0 saturated heterocycles. The minimum Gasteiger partial charge on any atom is -0.462 e. The Kier molecular flexibility index (Phi) is 48.1. The molecule has 0 aromatic carbocycles. The van der Waals surface area contributed by atoms with Crippen molar-refractivity contribution in [2.24, 2.45) is 0 Å². The Morgan fingerprint density at radius 1 is 0.328 bits per heavy atom. The standard InChI is InChI=1S/C58H92O6/c1-4-7-10-13-16-18-20-22-24-25-26-27-28-29-30-31-32-33-35-36-38-40-42-45-48-51-57(60)63-54-55(53-62-56(59)50-47-44-15-12-9-6-3)64-58(61)52-49-46-43-41-39-37-34-23-21-19-17-14-11-8-5-2/h7-8,10-11,16-19,22-24,26-27,29-30,32-34,36,38,55H,4-6,9,12-15,20-21,25,28,31,35,37,39-54H2,1-3H3/b10-7-,11-8-,18-16-,19-17-,24-22-,27-26-,30-29-,33-32-,34-23-,38-36-. The van der Waals surface area contributed by atoms with Crippen LogP contribution in [0.3, 0.4) is 0 Å². The molecule has 0 saturated carbocycles. The fourth-order valence-electron chi connectivity index (χ4n) is 6.43. The third-order valence-corrected chi connectivity index (χ3v) is 10.2. The van der Waals surface area contributed by atoms with E-state index in [1.807, 2.05) is 0 Å². The Bertz CT molecular complexity index is 1390. The van der Waals surface area contributed by atoms with Gasteiger partial charge in [-0.1, -0.05) is 200 Å². The number of rotatable bonds is 44. The molecule has 0 heterocycles. The Morgan fingerprint density at radius 2 is 0.609 bits per heavy atom. The van der Waals surface area contributed by atoms with Crippen molar-refractivity contribution in [1.82, 2.24) is 0 Å². The van der Waals surface area contributed by atoms with Crippen molar-refractivity contribution in [3.05, 3.63) is 122 Å². The Labute approximate surface area is 392 Å². The van der Waals surface area contributed by atoms with E-state index in [1.54, 1.807) is 0 Å². The molecule has 64 heavy (non-hydrogen) atoms. The van der Waals surface area contributed by atoms with Crippen LogP contribution in [0.5, 0.6) is 0 Å². The van der Waals surface area contributed by atoms with Gasteiger partial charge >= 0.3 is 17.9 Å². The highest BCUT2D eigenvalue weighted by molar-refractivity contribution is 5.71. The second-order valence-corrected chi connectivity index (χ2v) is 16.3. The van der Waals surface area contributed by atoms with Crippen molar-refractivity contribution >= 4 is 17.9 Å². The highest BCUT2D eigenvalue weighted by Gasteiger charge is 2.19. The Morgan fingerprint density at radius 3 is 0.969 bits per heavy atom. The zero-order chi connectivity index (χ0) is 46.5. The van der Waals surface area contributed by atoms with Gasteiger partial charge in [-0.25, -0.2) is 0 Å². The first-order chi connectivity index (χ1) is 31.5. The van der Waals surface area contributed by atoms with Crippen LogP contribution in [-0.4, -0.2) is 37.2 Å². The highest BCUT2D eigenvalue weighted by Crippen LogP contribution is 2.12. The zero-order valence-corrected chi connectivity index (χ0v) is 41.0. The predicted octanol–water partition coefficient (Wildman–Crippen LogP) is 16.9. The lowest BCUT2D eigenvalue weighted by Gasteiger charge is -2.18. The maximum absolute atomic E-state index is 12.7. The molecule has 0 amide bonds. The molecule has 0 N–H and O–H groups in total. The summed E-state index contributed by atoms with van der Waals surface area (Å²) in [4.78, 5) is 37.7. The van der Waals surface area contributed by atoms with Gasteiger partial charge in [0.25, 0.3) is 0 Å². The third-order valence-electron chi connectivity index (χ3n) is 10.2. The molecule has 0 aliphatic heterocycles. The number of ether oxygens (including phenoxy) is 3. The number of hydrogen-bond donors (Lipinski definition) is 0. The lowest BCUT2D eigenvalue weighted by molar-refractivity contribution is -0.167. The monoisotopic (exact) mass is 885 g/mol. The van der Waals surface area contributed by atoms with Crippen molar-refractivity contribution in [2.45, 2.75) is 213 Å². The van der Waals surface area contributed by atoms with Crippen LogP contribution in [-0.2, 0) is 28.6 Å². The number of carbonyl (C=O) groups is 3. The van der Waals surface area contributed by atoms with E-state index < -0.39 is 6.10 Å². The molecule has 0 aromatic rings. The average molecular weight is 885 g/mol. The summed E-state index contributed by atoms with van der Waals surface area (Å²) in [5.41, 5.74) is 0. The van der Waals surface area contributed by atoms with Gasteiger partial charge in [-0.05, 0) is 109 Å². The summed E-state index contributed by atoms with van der Waals surface area (Å²) < 4.78 is 16.6. The van der Waals surface area contributed by atoms with E-state index in [0.29, 0.717) is 19.3 Å². The van der Waals surface area contributed by atoms with Crippen LogP contribution in [0.25, 0.3) is 0 Å². The predicted molar refractivity (Wildman–Crippen MR) is 274 cm³/mol. The van der Waals surface area contributed by atoms with E-state index in [4.69, 9.17) is 14.2 Å². The van der Waals surface area contributed by atoms with E-state index in [2.05, 4.69) is 142 Å². The maximum Gasteiger partial charge on any atom is 0.306 e. The van der Waals surface area contributed by atoms with Crippen LogP contribution in [0.15, 0.2) is 122 Å².